The normalized spacial score (nSPS) is 36.0. The van der Waals surface area contributed by atoms with E-state index in [9.17, 15) is 4.79 Å². The van der Waals surface area contributed by atoms with Crippen LogP contribution >= 0.6 is 11.3 Å². The van der Waals surface area contributed by atoms with E-state index in [1.54, 1.807) is 11.3 Å². The fourth-order valence-electron chi connectivity index (χ4n) is 4.26. The maximum atomic E-state index is 12.1. The van der Waals surface area contributed by atoms with Crippen molar-refractivity contribution >= 4 is 33.1 Å². The molecule has 134 valence electrons. The summed E-state index contributed by atoms with van der Waals surface area (Å²) in [4.78, 5) is 16.9. The lowest BCUT2D eigenvalue weighted by atomic mass is 9.84. The van der Waals surface area contributed by atoms with Gasteiger partial charge in [-0.2, -0.15) is 0 Å². The maximum Gasteiger partial charge on any atom is 0.334 e. The summed E-state index contributed by atoms with van der Waals surface area (Å²) in [5.41, 5.74) is 2.71. The number of aromatic nitrogens is 1. The van der Waals surface area contributed by atoms with Gasteiger partial charge in [0.2, 0.25) is 0 Å². The molecule has 0 amide bonds. The molecule has 2 aliphatic heterocycles. The second-order valence-electron chi connectivity index (χ2n) is 7.65. The number of carbonyl (C=O) groups is 1. The maximum absolute atomic E-state index is 12.1. The van der Waals surface area contributed by atoms with Gasteiger partial charge in [0.25, 0.3) is 0 Å². The molecule has 2 fully saturated rings. The highest BCUT2D eigenvalue weighted by Crippen LogP contribution is 2.50. The number of thiazole rings is 1. The van der Waals surface area contributed by atoms with Crippen LogP contribution in [0.5, 0.6) is 0 Å². The van der Waals surface area contributed by atoms with E-state index in [1.807, 2.05) is 12.1 Å². The van der Waals surface area contributed by atoms with Crippen LogP contribution in [0.3, 0.4) is 0 Å². The molecule has 0 spiro atoms. The van der Waals surface area contributed by atoms with Gasteiger partial charge in [-0.3, -0.25) is 0 Å². The molecular weight excluding hydrogens is 346 g/mol. The summed E-state index contributed by atoms with van der Waals surface area (Å²) in [5.74, 6) is -0.229. The molecule has 5 rings (SSSR count). The molecule has 0 bridgehead atoms. The van der Waals surface area contributed by atoms with Crippen molar-refractivity contribution in [3.8, 4) is 0 Å². The Hall–Kier alpha value is -1.98. The van der Waals surface area contributed by atoms with E-state index >= 15 is 0 Å². The van der Waals surface area contributed by atoms with Crippen molar-refractivity contribution in [3.05, 3.63) is 47.5 Å². The number of para-hydroxylation sites is 1. The lowest BCUT2D eigenvalue weighted by Gasteiger charge is -2.19. The summed E-state index contributed by atoms with van der Waals surface area (Å²) in [6.07, 6.45) is 5.72. The van der Waals surface area contributed by atoms with E-state index in [0.29, 0.717) is 5.57 Å². The highest BCUT2D eigenvalue weighted by molar-refractivity contribution is 7.19. The zero-order valence-corrected chi connectivity index (χ0v) is 15.6. The van der Waals surface area contributed by atoms with Crippen molar-refractivity contribution in [2.45, 2.75) is 50.4 Å². The van der Waals surface area contributed by atoms with E-state index < -0.39 is 0 Å². The van der Waals surface area contributed by atoms with Crippen LogP contribution in [0.15, 0.2) is 42.5 Å². The molecule has 1 aromatic heterocycles. The summed E-state index contributed by atoms with van der Waals surface area (Å²) in [7, 11) is 0. The number of fused-ring (bicyclic) bond motifs is 4. The van der Waals surface area contributed by atoms with Gasteiger partial charge in [0.05, 0.1) is 15.8 Å². The number of esters is 1. The third-order valence-corrected chi connectivity index (χ3v) is 7.03. The Morgan fingerprint density at radius 1 is 1.35 bits per heavy atom. The smallest absolute Gasteiger partial charge is 0.334 e. The quantitative estimate of drug-likeness (QED) is 0.423. The molecule has 0 radical (unpaired) electrons. The van der Waals surface area contributed by atoms with Crippen molar-refractivity contribution in [2.24, 2.45) is 5.92 Å². The Labute approximate surface area is 156 Å². The van der Waals surface area contributed by atoms with Crippen molar-refractivity contribution < 1.29 is 14.3 Å². The van der Waals surface area contributed by atoms with E-state index in [0.717, 1.165) is 36.2 Å². The third kappa shape index (κ3) is 2.53. The van der Waals surface area contributed by atoms with Crippen molar-refractivity contribution in [2.75, 3.05) is 0 Å². The average molecular weight is 367 g/mol. The van der Waals surface area contributed by atoms with E-state index in [1.165, 1.54) is 10.3 Å². The zero-order chi connectivity index (χ0) is 17.9. The first-order chi connectivity index (χ1) is 12.5. The SMILES string of the molecule is C=C1C(=O)O[C@H]2[C@H]1CC/C(c1nc3ccccc3s1)=C\CC[C@@]1(C)O[C@@H]21. The van der Waals surface area contributed by atoms with Crippen LogP contribution in [-0.2, 0) is 14.3 Å². The highest BCUT2D eigenvalue weighted by Gasteiger charge is 2.61. The molecule has 4 nitrogen and oxygen atoms in total. The first-order valence-corrected chi connectivity index (χ1v) is 9.99. The van der Waals surface area contributed by atoms with E-state index in [2.05, 4.69) is 31.7 Å². The van der Waals surface area contributed by atoms with Crippen LogP contribution in [0.2, 0.25) is 0 Å². The standard InChI is InChI=1S/C21H21NO3S/c1-12-14-10-9-13(19-22-15-7-3-4-8-16(15)26-19)6-5-11-21(2)18(25-21)17(14)24-20(12)23/h3-4,6-8,14,17-18H,1,5,9-11H2,2H3/b13-6+/t14-,17-,18-,21+/m0/s1. The second-order valence-corrected chi connectivity index (χ2v) is 8.68. The summed E-state index contributed by atoms with van der Waals surface area (Å²) in [5, 5.41) is 1.08. The van der Waals surface area contributed by atoms with Gasteiger partial charge in [0.1, 0.15) is 17.2 Å². The molecule has 0 saturated carbocycles. The van der Waals surface area contributed by atoms with Gasteiger partial charge in [0.15, 0.2) is 0 Å². The van der Waals surface area contributed by atoms with Crippen LogP contribution in [0.1, 0.15) is 37.6 Å². The molecule has 3 aliphatic rings. The largest absolute Gasteiger partial charge is 0.455 e. The summed E-state index contributed by atoms with van der Waals surface area (Å²) in [6.45, 7) is 6.11. The van der Waals surface area contributed by atoms with Crippen molar-refractivity contribution in [1.29, 1.82) is 0 Å². The number of allylic oxidation sites excluding steroid dienone is 2. The minimum Gasteiger partial charge on any atom is -0.455 e. The molecule has 1 aromatic carbocycles. The topological polar surface area (TPSA) is 51.7 Å². The number of benzene rings is 1. The van der Waals surface area contributed by atoms with Crippen LogP contribution < -0.4 is 0 Å². The summed E-state index contributed by atoms with van der Waals surface area (Å²) in [6, 6.07) is 8.24. The second kappa shape index (κ2) is 5.76. The fourth-order valence-corrected chi connectivity index (χ4v) is 5.30. The molecule has 4 atom stereocenters. The lowest BCUT2D eigenvalue weighted by Crippen LogP contribution is -2.28. The van der Waals surface area contributed by atoms with Crippen LogP contribution in [0, 0.1) is 5.92 Å². The van der Waals surface area contributed by atoms with Gasteiger partial charge in [-0.15, -0.1) is 11.3 Å². The minimum absolute atomic E-state index is 0.00750. The van der Waals surface area contributed by atoms with E-state index in [-0.39, 0.29) is 29.7 Å². The monoisotopic (exact) mass is 367 g/mol. The number of ether oxygens (including phenoxy) is 2. The average Bonchev–Trinajstić information content (AvgIpc) is 2.98. The highest BCUT2D eigenvalue weighted by atomic mass is 32.1. The molecule has 0 N–H and O–H groups in total. The van der Waals surface area contributed by atoms with Crippen molar-refractivity contribution in [1.82, 2.24) is 4.98 Å². The lowest BCUT2D eigenvalue weighted by molar-refractivity contribution is -0.140. The Bertz CT molecular complexity index is 913. The predicted molar refractivity (Wildman–Crippen MR) is 102 cm³/mol. The number of hydrogen-bond acceptors (Lipinski definition) is 5. The van der Waals surface area contributed by atoms with Crippen molar-refractivity contribution in [3.63, 3.8) is 0 Å². The first kappa shape index (κ1) is 16.2. The molecule has 2 aromatic rings. The Morgan fingerprint density at radius 3 is 3.04 bits per heavy atom. The first-order valence-electron chi connectivity index (χ1n) is 9.18. The Balaban J connectivity index is 1.48. The Morgan fingerprint density at radius 2 is 2.19 bits per heavy atom. The third-order valence-electron chi connectivity index (χ3n) is 5.91. The predicted octanol–water partition coefficient (Wildman–Crippen LogP) is 4.51. The molecule has 0 unspecified atom stereocenters. The molecule has 2 saturated heterocycles. The summed E-state index contributed by atoms with van der Waals surface area (Å²) >= 11 is 1.74. The Kier molecular flexibility index (Phi) is 3.59. The van der Waals surface area contributed by atoms with Crippen LogP contribution in [0.25, 0.3) is 15.8 Å². The van der Waals surface area contributed by atoms with Gasteiger partial charge < -0.3 is 9.47 Å². The number of rotatable bonds is 1. The minimum atomic E-state index is -0.261. The van der Waals surface area contributed by atoms with E-state index in [4.69, 9.17) is 14.5 Å². The van der Waals surface area contributed by atoms with Gasteiger partial charge in [-0.25, -0.2) is 9.78 Å². The summed E-state index contributed by atoms with van der Waals surface area (Å²) < 4.78 is 12.8. The number of carbonyl (C=O) groups excluding carboxylic acids is 1. The van der Waals surface area contributed by atoms with Crippen LogP contribution in [-0.4, -0.2) is 28.8 Å². The molecular formula is C21H21NO3S. The fraction of sp³-hybridized carbons (Fsp3) is 0.429. The molecule has 5 heteroatoms. The number of epoxide rings is 1. The molecule has 26 heavy (non-hydrogen) atoms. The molecule has 3 heterocycles. The molecule has 1 aliphatic carbocycles. The van der Waals surface area contributed by atoms with Gasteiger partial charge >= 0.3 is 5.97 Å². The van der Waals surface area contributed by atoms with Gasteiger partial charge in [-0.05, 0) is 50.3 Å². The van der Waals surface area contributed by atoms with Crippen LogP contribution in [0.4, 0.5) is 0 Å². The number of nitrogens with zero attached hydrogens (tertiary/aromatic N) is 1. The number of hydrogen-bond donors (Lipinski definition) is 0. The van der Waals surface area contributed by atoms with Gasteiger partial charge in [0, 0.05) is 11.5 Å². The van der Waals surface area contributed by atoms with Gasteiger partial charge in [-0.1, -0.05) is 24.8 Å². The zero-order valence-electron chi connectivity index (χ0n) is 14.7.